The van der Waals surface area contributed by atoms with Crippen molar-refractivity contribution in [3.8, 4) is 5.75 Å². The summed E-state index contributed by atoms with van der Waals surface area (Å²) in [7, 11) is -0.574. The number of carbonyl (C=O) groups excluding carboxylic acids is 1. The maximum Gasteiger partial charge on any atom is 0.264 e. The van der Waals surface area contributed by atoms with Crippen LogP contribution in [0, 0.1) is 17.8 Å². The zero-order valence-electron chi connectivity index (χ0n) is 34.4. The zero-order chi connectivity index (χ0) is 40.4. The van der Waals surface area contributed by atoms with E-state index in [1.54, 1.807) is 27.2 Å². The van der Waals surface area contributed by atoms with E-state index in [0.29, 0.717) is 56.9 Å². The SMILES string of the molecule is CCO[C@@]1(CN2CCN(N(COC)COC)CC2)/C=C/C[C@H](C)[C@@H](C)S(=O)(=O)NC(=O)c2ccc3c(c2)N(C[C@@H]2CC[C@H]21)C[C@@]1(CCCc2cc(Cl)ccc21)CO3. The van der Waals surface area contributed by atoms with Crippen LogP contribution in [-0.2, 0) is 36.1 Å². The predicted molar refractivity (Wildman–Crippen MR) is 223 cm³/mol. The number of methoxy groups -OCH3 is 2. The first-order chi connectivity index (χ1) is 27.4. The highest BCUT2D eigenvalue weighted by atomic mass is 35.5. The van der Waals surface area contributed by atoms with E-state index in [-0.39, 0.29) is 17.3 Å². The van der Waals surface area contributed by atoms with E-state index in [0.717, 1.165) is 82.1 Å². The van der Waals surface area contributed by atoms with E-state index in [4.69, 9.17) is 30.5 Å². The number of nitrogens with zero attached hydrogens (tertiary/aromatic N) is 4. The summed E-state index contributed by atoms with van der Waals surface area (Å²) in [5.74, 6) is 0.367. The van der Waals surface area contributed by atoms with Crippen molar-refractivity contribution >= 4 is 33.2 Å². The van der Waals surface area contributed by atoms with Crippen molar-refractivity contribution in [3.05, 3.63) is 70.3 Å². The van der Waals surface area contributed by atoms with Gasteiger partial charge in [0.25, 0.3) is 5.91 Å². The summed E-state index contributed by atoms with van der Waals surface area (Å²) in [5.41, 5.74) is 2.79. The monoisotopic (exact) mass is 827 g/mol. The Morgan fingerprint density at radius 2 is 1.81 bits per heavy atom. The average Bonchev–Trinajstić information content (AvgIpc) is 3.32. The number of sulfonamides is 1. The standard InChI is InChI=1S/C43H62ClN5O7S/c1-6-56-43(27-46-19-21-48(22-20-46)49(29-53-4)30-54-5)18-7-9-31(2)32(3)57(51,52)45-41(50)34-12-16-40-39(24-34)47(25-35-11-14-38(35)43)26-42(28-55-40)17-8-10-33-23-36(44)13-15-37(33)42/h7,12-13,15-16,18,23-24,31-32,35,38H,6,8-11,14,17,19-22,25-30H2,1-5H3,(H,45,50)/b18-7+/t31-,32+,35-,38+,42-,43+/m0/s1. The Kier molecular flexibility index (Phi) is 13.3. The van der Waals surface area contributed by atoms with Crippen LogP contribution in [0.1, 0.15) is 74.4 Å². The molecule has 57 heavy (non-hydrogen) atoms. The number of halogens is 1. The number of aryl methyl sites for hydroxylation is 1. The molecule has 6 atom stereocenters. The number of fused-ring (bicyclic) bond motifs is 4. The predicted octanol–water partition coefficient (Wildman–Crippen LogP) is 5.70. The number of ether oxygens (including phenoxy) is 4. The van der Waals surface area contributed by atoms with E-state index < -0.39 is 26.8 Å². The van der Waals surface area contributed by atoms with Gasteiger partial charge in [-0.2, -0.15) is 5.01 Å². The van der Waals surface area contributed by atoms with E-state index in [2.05, 4.69) is 55.7 Å². The van der Waals surface area contributed by atoms with Crippen molar-refractivity contribution in [1.82, 2.24) is 19.6 Å². The fraction of sp³-hybridized carbons (Fsp3) is 0.651. The number of rotatable bonds is 9. The van der Waals surface area contributed by atoms with Crippen molar-refractivity contribution in [1.29, 1.82) is 0 Å². The first-order valence-corrected chi connectivity index (χ1v) is 22.7. The summed E-state index contributed by atoms with van der Waals surface area (Å²) in [6, 6.07) is 11.6. The van der Waals surface area contributed by atoms with Gasteiger partial charge in [-0.1, -0.05) is 36.7 Å². The van der Waals surface area contributed by atoms with Crippen LogP contribution in [0.2, 0.25) is 5.02 Å². The molecule has 2 aromatic rings. The van der Waals surface area contributed by atoms with Gasteiger partial charge in [-0.05, 0) is 112 Å². The molecule has 2 fully saturated rings. The van der Waals surface area contributed by atoms with Gasteiger partial charge in [0.2, 0.25) is 10.0 Å². The number of nitrogens with one attached hydrogen (secondary N) is 1. The summed E-state index contributed by atoms with van der Waals surface area (Å²) in [6.07, 6.45) is 9.99. The average molecular weight is 829 g/mol. The largest absolute Gasteiger partial charge is 0.490 e. The molecule has 0 radical (unpaired) electrons. The lowest BCUT2D eigenvalue weighted by Crippen LogP contribution is -2.61. The van der Waals surface area contributed by atoms with Crippen LogP contribution in [0.5, 0.6) is 5.75 Å². The van der Waals surface area contributed by atoms with Crippen molar-refractivity contribution in [2.24, 2.45) is 17.8 Å². The minimum atomic E-state index is -3.98. The molecule has 1 amide bonds. The number of amides is 1. The van der Waals surface area contributed by atoms with Gasteiger partial charge in [-0.3, -0.25) is 9.69 Å². The van der Waals surface area contributed by atoms with Crippen LogP contribution < -0.4 is 14.4 Å². The molecule has 1 saturated heterocycles. The molecule has 1 N–H and O–H groups in total. The summed E-state index contributed by atoms with van der Waals surface area (Å²) in [6.45, 7) is 13.3. The molecule has 3 heterocycles. The highest BCUT2D eigenvalue weighted by Crippen LogP contribution is 2.49. The third-order valence-corrected chi connectivity index (χ3v) is 15.6. The fourth-order valence-electron chi connectivity index (χ4n) is 10.0. The van der Waals surface area contributed by atoms with Gasteiger partial charge in [0.1, 0.15) is 24.8 Å². The highest BCUT2D eigenvalue weighted by molar-refractivity contribution is 7.90. The quantitative estimate of drug-likeness (QED) is 0.248. The number of piperazine rings is 1. The van der Waals surface area contributed by atoms with Gasteiger partial charge in [-0.15, -0.1) is 0 Å². The highest BCUT2D eigenvalue weighted by Gasteiger charge is 2.50. The Hall–Kier alpha value is -2.75. The second-order valence-electron chi connectivity index (χ2n) is 17.0. The van der Waals surface area contributed by atoms with Crippen molar-refractivity contribution < 1.29 is 32.2 Å². The molecule has 2 aliphatic carbocycles. The van der Waals surface area contributed by atoms with Crippen LogP contribution in [0.4, 0.5) is 5.69 Å². The summed E-state index contributed by atoms with van der Waals surface area (Å²) >= 11 is 6.53. The Bertz CT molecular complexity index is 1870. The van der Waals surface area contributed by atoms with Crippen LogP contribution in [0.3, 0.4) is 0 Å². The molecular formula is C43H62ClN5O7S. The Labute approximate surface area is 344 Å². The molecule has 12 nitrogen and oxygen atoms in total. The number of allylic oxidation sites excluding steroid dienone is 1. The number of benzene rings is 2. The number of hydrogen-bond acceptors (Lipinski definition) is 11. The minimum absolute atomic E-state index is 0.224. The molecule has 0 unspecified atom stereocenters. The maximum absolute atomic E-state index is 13.7. The molecule has 14 heteroatoms. The summed E-state index contributed by atoms with van der Waals surface area (Å²) in [4.78, 5) is 18.7. The first kappa shape index (κ1) is 42.4. The molecule has 0 aromatic heterocycles. The second-order valence-corrected chi connectivity index (χ2v) is 19.5. The Morgan fingerprint density at radius 1 is 1.04 bits per heavy atom. The van der Waals surface area contributed by atoms with Gasteiger partial charge < -0.3 is 23.8 Å². The molecule has 1 saturated carbocycles. The Morgan fingerprint density at radius 3 is 2.51 bits per heavy atom. The van der Waals surface area contributed by atoms with Crippen LogP contribution in [0.15, 0.2) is 48.6 Å². The van der Waals surface area contributed by atoms with Gasteiger partial charge in [0.05, 0.1) is 17.5 Å². The van der Waals surface area contributed by atoms with E-state index >= 15 is 0 Å². The first-order valence-electron chi connectivity index (χ1n) is 20.8. The minimum Gasteiger partial charge on any atom is -0.490 e. The van der Waals surface area contributed by atoms with E-state index in [1.165, 1.54) is 11.1 Å². The van der Waals surface area contributed by atoms with Crippen molar-refractivity contribution in [3.63, 3.8) is 0 Å². The van der Waals surface area contributed by atoms with Gasteiger partial charge >= 0.3 is 0 Å². The van der Waals surface area contributed by atoms with E-state index in [1.807, 2.05) is 25.1 Å². The van der Waals surface area contributed by atoms with Crippen LogP contribution in [-0.4, -0.2) is 127 Å². The molecule has 314 valence electrons. The summed E-state index contributed by atoms with van der Waals surface area (Å²) < 4.78 is 54.5. The zero-order valence-corrected chi connectivity index (χ0v) is 36.0. The summed E-state index contributed by atoms with van der Waals surface area (Å²) in [5, 5.41) is 4.35. The topological polar surface area (TPSA) is 113 Å². The lowest BCUT2D eigenvalue weighted by atomic mass is 9.63. The Balaban J connectivity index is 1.26. The molecule has 5 aliphatic rings. The molecular weight excluding hydrogens is 766 g/mol. The number of hydrogen-bond donors (Lipinski definition) is 1. The molecule has 2 aromatic carbocycles. The number of carbonyl (C=O) groups is 1. The molecule has 1 spiro atoms. The van der Waals surface area contributed by atoms with Crippen molar-refractivity contribution in [2.75, 3.05) is 91.6 Å². The smallest absolute Gasteiger partial charge is 0.264 e. The normalized spacial score (nSPS) is 31.4. The van der Waals surface area contributed by atoms with Gasteiger partial charge in [0.15, 0.2) is 0 Å². The van der Waals surface area contributed by atoms with Gasteiger partial charge in [-0.25, -0.2) is 18.1 Å². The third-order valence-electron chi connectivity index (χ3n) is 13.4. The maximum atomic E-state index is 13.7. The lowest BCUT2D eigenvalue weighted by molar-refractivity contribution is -0.164. The third kappa shape index (κ3) is 8.92. The number of anilines is 1. The van der Waals surface area contributed by atoms with Crippen LogP contribution in [0.25, 0.3) is 0 Å². The fourth-order valence-corrected chi connectivity index (χ4v) is 11.5. The molecule has 3 aliphatic heterocycles. The second kappa shape index (κ2) is 17.8. The van der Waals surface area contributed by atoms with E-state index in [9.17, 15) is 13.2 Å². The molecule has 7 rings (SSSR count). The van der Waals surface area contributed by atoms with Crippen molar-refractivity contribution in [2.45, 2.75) is 75.6 Å². The lowest BCUT2D eigenvalue weighted by Gasteiger charge is -2.53. The molecule has 2 bridgehead atoms. The number of hydrazine groups is 1. The van der Waals surface area contributed by atoms with Gasteiger partial charge in [0, 0.05) is 82.6 Å². The van der Waals surface area contributed by atoms with Crippen LogP contribution >= 0.6 is 11.6 Å².